The first-order valence-electron chi connectivity index (χ1n) is 6.45. The molecule has 2 rings (SSSR count). The number of methoxy groups -OCH3 is 1. The van der Waals surface area contributed by atoms with Gasteiger partial charge in [0.25, 0.3) is 0 Å². The number of esters is 1. The molecule has 0 radical (unpaired) electrons. The van der Waals surface area contributed by atoms with Gasteiger partial charge < -0.3 is 15.5 Å². The van der Waals surface area contributed by atoms with Crippen LogP contribution in [-0.2, 0) is 4.74 Å². The number of aryl methyl sites for hydroxylation is 2. The second-order valence-electron chi connectivity index (χ2n) is 4.86. The number of carbonyl (C=O) groups is 1. The molecule has 1 atom stereocenters. The highest BCUT2D eigenvalue weighted by molar-refractivity contribution is 8.22. The second kappa shape index (κ2) is 6.17. The zero-order chi connectivity index (χ0) is 15.7. The lowest BCUT2D eigenvalue weighted by atomic mass is 9.99. The third-order valence-electron chi connectivity index (χ3n) is 3.57. The van der Waals surface area contributed by atoms with Crippen LogP contribution in [0.2, 0.25) is 0 Å². The number of hydrogen-bond donors (Lipinski definition) is 2. The zero-order valence-corrected chi connectivity index (χ0v) is 14.1. The largest absolute Gasteiger partial charge is 0.464 e. The summed E-state index contributed by atoms with van der Waals surface area (Å²) in [5, 5.41) is 0.958. The van der Waals surface area contributed by atoms with Crippen molar-refractivity contribution in [2.45, 2.75) is 19.9 Å². The van der Waals surface area contributed by atoms with Crippen molar-refractivity contribution < 1.29 is 9.53 Å². The number of thiocarbonyl (C=S) groups is 1. The van der Waals surface area contributed by atoms with Crippen molar-refractivity contribution in [3.63, 3.8) is 0 Å². The molecule has 0 aliphatic heterocycles. The van der Waals surface area contributed by atoms with Gasteiger partial charge in [-0.25, -0.2) is 4.79 Å². The van der Waals surface area contributed by atoms with Crippen LogP contribution in [0.15, 0.2) is 12.1 Å². The van der Waals surface area contributed by atoms with Crippen LogP contribution in [0.3, 0.4) is 0 Å². The number of nitrogens with one attached hydrogen (secondary N) is 1. The van der Waals surface area contributed by atoms with Gasteiger partial charge in [0.05, 0.1) is 17.3 Å². The fraction of sp³-hybridized carbons (Fsp3) is 0.333. The Morgan fingerprint density at radius 1 is 1.38 bits per heavy atom. The van der Waals surface area contributed by atoms with Gasteiger partial charge in [0.1, 0.15) is 5.69 Å². The number of nitrogens with two attached hydrogens (primary N) is 1. The molecule has 112 valence electrons. The van der Waals surface area contributed by atoms with Crippen LogP contribution in [0.1, 0.15) is 33.2 Å². The summed E-state index contributed by atoms with van der Waals surface area (Å²) in [6.07, 6.45) is 1.88. The van der Waals surface area contributed by atoms with Gasteiger partial charge in [0.2, 0.25) is 0 Å². The molecule has 0 aliphatic rings. The fourth-order valence-electron chi connectivity index (χ4n) is 2.46. The van der Waals surface area contributed by atoms with Crippen LogP contribution in [0.5, 0.6) is 0 Å². The van der Waals surface area contributed by atoms with Gasteiger partial charge in [-0.1, -0.05) is 24.4 Å². The summed E-state index contributed by atoms with van der Waals surface area (Å²) in [5.74, 6) is -0.431. The zero-order valence-electron chi connectivity index (χ0n) is 12.4. The number of H-pyrrole nitrogens is 1. The van der Waals surface area contributed by atoms with Crippen LogP contribution < -0.4 is 5.73 Å². The van der Waals surface area contributed by atoms with Crippen LogP contribution in [0, 0.1) is 13.8 Å². The number of carbonyl (C=O) groups excluding carboxylic acids is 1. The van der Waals surface area contributed by atoms with Crippen molar-refractivity contribution in [1.29, 1.82) is 0 Å². The highest BCUT2D eigenvalue weighted by Crippen LogP contribution is 2.34. The number of aromatic amines is 1. The summed E-state index contributed by atoms with van der Waals surface area (Å²) < 4.78 is 5.51. The lowest BCUT2D eigenvalue weighted by Crippen LogP contribution is -2.20. The fourth-order valence-corrected chi connectivity index (χ4v) is 2.95. The third kappa shape index (κ3) is 2.71. The monoisotopic (exact) mass is 322 g/mol. The smallest absolute Gasteiger partial charge is 0.354 e. The minimum Gasteiger partial charge on any atom is -0.464 e. The van der Waals surface area contributed by atoms with Crippen molar-refractivity contribution in [2.24, 2.45) is 5.73 Å². The van der Waals surface area contributed by atoms with E-state index in [4.69, 9.17) is 22.7 Å². The molecular formula is C15H18N2O2S2. The maximum absolute atomic E-state index is 12.1. The Labute approximate surface area is 133 Å². The number of aromatic nitrogens is 1. The molecule has 1 unspecified atom stereocenters. The molecule has 21 heavy (non-hydrogen) atoms. The Bertz CT molecular complexity index is 722. The normalized spacial score (nSPS) is 12.4. The number of ether oxygens (including phenoxy) is 1. The molecule has 0 fully saturated rings. The highest BCUT2D eigenvalue weighted by atomic mass is 32.2. The third-order valence-corrected chi connectivity index (χ3v) is 4.98. The molecule has 0 aliphatic carbocycles. The van der Waals surface area contributed by atoms with E-state index in [9.17, 15) is 4.79 Å². The lowest BCUT2D eigenvalue weighted by Gasteiger charge is -2.13. The Balaban J connectivity index is 2.83. The van der Waals surface area contributed by atoms with E-state index in [-0.39, 0.29) is 0 Å². The Hall–Kier alpha value is -1.37. The Morgan fingerprint density at radius 2 is 2.00 bits per heavy atom. The predicted molar refractivity (Wildman–Crippen MR) is 92.2 cm³/mol. The molecule has 4 nitrogen and oxygen atoms in total. The van der Waals surface area contributed by atoms with Gasteiger partial charge >= 0.3 is 5.97 Å². The van der Waals surface area contributed by atoms with Crippen LogP contribution >= 0.6 is 24.0 Å². The first kappa shape index (κ1) is 16.0. The molecule has 0 saturated heterocycles. The molecule has 0 spiro atoms. The second-order valence-corrected chi connectivity index (χ2v) is 6.40. The first-order chi connectivity index (χ1) is 9.92. The minimum atomic E-state index is -0.502. The van der Waals surface area contributed by atoms with Crippen molar-refractivity contribution in [3.05, 3.63) is 34.5 Å². The van der Waals surface area contributed by atoms with Crippen molar-refractivity contribution in [1.82, 2.24) is 4.98 Å². The van der Waals surface area contributed by atoms with Crippen molar-refractivity contribution >= 4 is 45.0 Å². The van der Waals surface area contributed by atoms with Crippen LogP contribution in [0.25, 0.3) is 10.9 Å². The quantitative estimate of drug-likeness (QED) is 0.670. The van der Waals surface area contributed by atoms with E-state index >= 15 is 0 Å². The summed E-state index contributed by atoms with van der Waals surface area (Å²) in [6.45, 7) is 3.98. The number of fused-ring (bicyclic) bond motifs is 1. The lowest BCUT2D eigenvalue weighted by molar-refractivity contribution is 0.0593. The minimum absolute atomic E-state index is 0.383. The number of benzene rings is 1. The van der Waals surface area contributed by atoms with Gasteiger partial charge in [-0.05, 0) is 31.2 Å². The molecular weight excluding hydrogens is 304 g/mol. The van der Waals surface area contributed by atoms with Crippen LogP contribution in [-0.4, -0.2) is 28.5 Å². The number of thioether (sulfide) groups is 1. The topological polar surface area (TPSA) is 68.1 Å². The van der Waals surface area contributed by atoms with Gasteiger partial charge in [0, 0.05) is 16.5 Å². The number of hydrogen-bond acceptors (Lipinski definition) is 5. The van der Waals surface area contributed by atoms with E-state index in [1.165, 1.54) is 18.9 Å². The standard InChI is InChI=1S/C15H18N2O2S2/c1-7-5-6-8(2)12-9(7)10(11(16)15(20)21-4)13(17-12)14(18)19-3/h5-6,11,17H,16H2,1-4H3. The molecule has 1 aromatic heterocycles. The Morgan fingerprint density at radius 3 is 2.57 bits per heavy atom. The summed E-state index contributed by atoms with van der Waals surface area (Å²) in [5.41, 5.74) is 10.4. The van der Waals surface area contributed by atoms with Gasteiger partial charge in [0.15, 0.2) is 0 Å². The summed E-state index contributed by atoms with van der Waals surface area (Å²) in [6, 6.07) is 3.53. The molecule has 0 bridgehead atoms. The molecule has 0 amide bonds. The molecule has 3 N–H and O–H groups in total. The van der Waals surface area contributed by atoms with E-state index in [2.05, 4.69) is 4.98 Å². The highest BCUT2D eigenvalue weighted by Gasteiger charge is 2.26. The maximum atomic E-state index is 12.1. The van der Waals surface area contributed by atoms with E-state index in [0.29, 0.717) is 9.89 Å². The first-order valence-corrected chi connectivity index (χ1v) is 8.09. The van der Waals surface area contributed by atoms with E-state index < -0.39 is 12.0 Å². The molecule has 0 saturated carbocycles. The maximum Gasteiger partial charge on any atom is 0.354 e. The molecule has 1 heterocycles. The Kier molecular flexibility index (Phi) is 4.70. The van der Waals surface area contributed by atoms with Gasteiger partial charge in [-0.15, -0.1) is 11.8 Å². The average Bonchev–Trinajstić information content (AvgIpc) is 2.90. The van der Waals surface area contributed by atoms with Gasteiger partial charge in [-0.3, -0.25) is 0 Å². The van der Waals surface area contributed by atoms with Crippen molar-refractivity contribution in [3.8, 4) is 0 Å². The summed E-state index contributed by atoms with van der Waals surface area (Å²) in [4.78, 5) is 15.2. The molecule has 6 heteroatoms. The van der Waals surface area contributed by atoms with Crippen molar-refractivity contribution in [2.75, 3.05) is 13.4 Å². The SMILES string of the molecule is COC(=O)c1[nH]c2c(C)ccc(C)c2c1C(N)C(=S)SC. The predicted octanol–water partition coefficient (Wildman–Crippen LogP) is 3.26. The summed E-state index contributed by atoms with van der Waals surface area (Å²) >= 11 is 6.74. The average molecular weight is 322 g/mol. The van der Waals surface area contributed by atoms with E-state index in [1.807, 2.05) is 32.2 Å². The molecule has 2 aromatic rings. The van der Waals surface area contributed by atoms with E-state index in [1.54, 1.807) is 0 Å². The van der Waals surface area contributed by atoms with Gasteiger partial charge in [-0.2, -0.15) is 0 Å². The summed E-state index contributed by atoms with van der Waals surface area (Å²) in [7, 11) is 1.36. The molecule has 1 aromatic carbocycles. The van der Waals surface area contributed by atoms with Crippen LogP contribution in [0.4, 0.5) is 0 Å². The number of rotatable bonds is 3. The van der Waals surface area contributed by atoms with E-state index in [0.717, 1.165) is 27.6 Å².